The molecule has 0 N–H and O–H groups in total. The molecule has 1 aliphatic rings. The summed E-state index contributed by atoms with van der Waals surface area (Å²) in [6.45, 7) is 3.07. The molecule has 96 valence electrons. The minimum atomic E-state index is -3.31. The van der Waals surface area contributed by atoms with Crippen molar-refractivity contribution in [3.05, 3.63) is 16.3 Å². The SMILES string of the molecule is CCN(CC1CC1)S(=O)(=O)c1csc(CCl)c1. The fourth-order valence-corrected chi connectivity index (χ4v) is 4.60. The standard InChI is InChI=1S/C11H16ClNO2S2/c1-2-13(7-9-3-4-9)17(14,15)11-5-10(6-12)16-8-11/h5,8-9H,2-4,6-7H2,1H3. The maximum Gasteiger partial charge on any atom is 0.243 e. The average molecular weight is 294 g/mol. The second kappa shape index (κ2) is 5.26. The lowest BCUT2D eigenvalue weighted by atomic mass is 10.4. The Morgan fingerprint density at radius 2 is 2.24 bits per heavy atom. The Bertz CT molecular complexity index is 479. The highest BCUT2D eigenvalue weighted by Gasteiger charge is 2.31. The van der Waals surface area contributed by atoms with E-state index in [9.17, 15) is 8.42 Å². The highest BCUT2D eigenvalue weighted by molar-refractivity contribution is 7.89. The molecule has 0 atom stereocenters. The van der Waals surface area contributed by atoms with Crippen molar-refractivity contribution < 1.29 is 8.42 Å². The van der Waals surface area contributed by atoms with Crippen LogP contribution in [-0.4, -0.2) is 25.8 Å². The summed E-state index contributed by atoms with van der Waals surface area (Å²) in [5.74, 6) is 0.936. The van der Waals surface area contributed by atoms with E-state index >= 15 is 0 Å². The Labute approximate surface area is 111 Å². The van der Waals surface area contributed by atoms with E-state index < -0.39 is 10.0 Å². The summed E-state index contributed by atoms with van der Waals surface area (Å²) in [7, 11) is -3.31. The summed E-state index contributed by atoms with van der Waals surface area (Å²) < 4.78 is 26.3. The predicted octanol–water partition coefficient (Wildman–Crippen LogP) is 2.91. The van der Waals surface area contributed by atoms with Gasteiger partial charge in [0.2, 0.25) is 10.0 Å². The van der Waals surface area contributed by atoms with E-state index in [2.05, 4.69) is 0 Å². The quantitative estimate of drug-likeness (QED) is 0.756. The van der Waals surface area contributed by atoms with Crippen LogP contribution in [-0.2, 0) is 15.9 Å². The number of halogens is 1. The molecule has 6 heteroatoms. The van der Waals surface area contributed by atoms with Crippen LogP contribution in [0.15, 0.2) is 16.3 Å². The van der Waals surface area contributed by atoms with Crippen molar-refractivity contribution in [2.45, 2.75) is 30.5 Å². The van der Waals surface area contributed by atoms with Crippen molar-refractivity contribution in [3.63, 3.8) is 0 Å². The molecule has 2 rings (SSSR count). The smallest absolute Gasteiger partial charge is 0.207 e. The summed E-state index contributed by atoms with van der Waals surface area (Å²) >= 11 is 7.10. The maximum absolute atomic E-state index is 12.3. The first kappa shape index (κ1) is 13.3. The van der Waals surface area contributed by atoms with Gasteiger partial charge in [-0.05, 0) is 24.8 Å². The predicted molar refractivity (Wildman–Crippen MR) is 71.0 cm³/mol. The molecule has 1 aliphatic carbocycles. The second-order valence-corrected chi connectivity index (χ2v) is 7.48. The van der Waals surface area contributed by atoms with Crippen LogP contribution >= 0.6 is 22.9 Å². The average Bonchev–Trinajstić information content (AvgIpc) is 2.99. The molecule has 0 aromatic carbocycles. The monoisotopic (exact) mass is 293 g/mol. The summed E-state index contributed by atoms with van der Waals surface area (Å²) in [5, 5.41) is 1.68. The molecule has 0 spiro atoms. The largest absolute Gasteiger partial charge is 0.243 e. The third-order valence-electron chi connectivity index (χ3n) is 2.91. The van der Waals surface area contributed by atoms with Crippen LogP contribution < -0.4 is 0 Å². The summed E-state index contributed by atoms with van der Waals surface area (Å²) in [4.78, 5) is 1.29. The van der Waals surface area contributed by atoms with Crippen LogP contribution in [0.2, 0.25) is 0 Å². The normalized spacial score (nSPS) is 16.6. The highest BCUT2D eigenvalue weighted by atomic mass is 35.5. The second-order valence-electron chi connectivity index (χ2n) is 4.28. The Balaban J connectivity index is 2.19. The van der Waals surface area contributed by atoms with Crippen molar-refractivity contribution >= 4 is 33.0 Å². The van der Waals surface area contributed by atoms with E-state index in [-0.39, 0.29) is 0 Å². The van der Waals surface area contributed by atoms with Gasteiger partial charge in [0.25, 0.3) is 0 Å². The number of sulfonamides is 1. The molecule has 0 amide bonds. The molecule has 0 radical (unpaired) electrons. The van der Waals surface area contributed by atoms with Gasteiger partial charge >= 0.3 is 0 Å². The number of hydrogen-bond donors (Lipinski definition) is 0. The van der Waals surface area contributed by atoms with Gasteiger partial charge in [-0.25, -0.2) is 8.42 Å². The van der Waals surface area contributed by atoms with E-state index in [1.165, 1.54) is 11.3 Å². The van der Waals surface area contributed by atoms with E-state index in [1.54, 1.807) is 15.8 Å². The van der Waals surface area contributed by atoms with Gasteiger partial charge in [0.05, 0.1) is 10.8 Å². The molecule has 1 heterocycles. The molecule has 17 heavy (non-hydrogen) atoms. The number of alkyl halides is 1. The van der Waals surface area contributed by atoms with Gasteiger partial charge in [0.15, 0.2) is 0 Å². The van der Waals surface area contributed by atoms with Crippen LogP contribution in [0.3, 0.4) is 0 Å². The van der Waals surface area contributed by atoms with Crippen LogP contribution in [0.4, 0.5) is 0 Å². The number of thiophene rings is 1. The number of hydrogen-bond acceptors (Lipinski definition) is 3. The molecule has 0 unspecified atom stereocenters. The third kappa shape index (κ3) is 3.02. The molecule has 0 bridgehead atoms. The van der Waals surface area contributed by atoms with Crippen LogP contribution in [0, 0.1) is 5.92 Å². The molecule has 0 saturated heterocycles. The molecule has 1 aromatic rings. The zero-order chi connectivity index (χ0) is 12.5. The molecule has 1 saturated carbocycles. The van der Waals surface area contributed by atoms with E-state index in [1.807, 2.05) is 6.92 Å². The van der Waals surface area contributed by atoms with Gasteiger partial charge in [-0.1, -0.05) is 6.92 Å². The van der Waals surface area contributed by atoms with Crippen LogP contribution in [0.25, 0.3) is 0 Å². The van der Waals surface area contributed by atoms with Gasteiger partial charge < -0.3 is 0 Å². The van der Waals surface area contributed by atoms with E-state index in [0.29, 0.717) is 29.8 Å². The molecular weight excluding hydrogens is 278 g/mol. The van der Waals surface area contributed by atoms with Gasteiger partial charge in [0, 0.05) is 23.3 Å². The molecular formula is C11H16ClNO2S2. The third-order valence-corrected chi connectivity index (χ3v) is 6.36. The Kier molecular flexibility index (Phi) is 4.13. The minimum absolute atomic E-state index is 0.370. The maximum atomic E-state index is 12.3. The van der Waals surface area contributed by atoms with Crippen LogP contribution in [0.1, 0.15) is 24.6 Å². The summed E-state index contributed by atoms with van der Waals surface area (Å²) in [6.07, 6.45) is 2.31. The van der Waals surface area contributed by atoms with Gasteiger partial charge in [0.1, 0.15) is 0 Å². The lowest BCUT2D eigenvalue weighted by molar-refractivity contribution is 0.412. The first-order chi connectivity index (χ1) is 8.07. The van der Waals surface area contributed by atoms with Gasteiger partial charge in [-0.3, -0.25) is 0 Å². The summed E-state index contributed by atoms with van der Waals surface area (Å²) in [6, 6.07) is 1.68. The number of rotatable bonds is 6. The molecule has 0 aliphatic heterocycles. The Morgan fingerprint density at radius 3 is 2.71 bits per heavy atom. The van der Waals surface area contributed by atoms with Crippen molar-refractivity contribution in [2.75, 3.05) is 13.1 Å². The van der Waals surface area contributed by atoms with Crippen molar-refractivity contribution in [3.8, 4) is 0 Å². The van der Waals surface area contributed by atoms with Crippen LogP contribution in [0.5, 0.6) is 0 Å². The fraction of sp³-hybridized carbons (Fsp3) is 0.636. The van der Waals surface area contributed by atoms with Gasteiger partial charge in [-0.2, -0.15) is 4.31 Å². The van der Waals surface area contributed by atoms with Crippen molar-refractivity contribution in [1.29, 1.82) is 0 Å². The molecule has 1 fully saturated rings. The Morgan fingerprint density at radius 1 is 1.53 bits per heavy atom. The highest BCUT2D eigenvalue weighted by Crippen LogP contribution is 2.32. The van der Waals surface area contributed by atoms with Crippen molar-refractivity contribution in [1.82, 2.24) is 4.31 Å². The van der Waals surface area contributed by atoms with E-state index in [4.69, 9.17) is 11.6 Å². The fourth-order valence-electron chi connectivity index (χ4n) is 1.70. The summed E-state index contributed by atoms with van der Waals surface area (Å²) in [5.41, 5.74) is 0. The lowest BCUT2D eigenvalue weighted by Crippen LogP contribution is -2.32. The lowest BCUT2D eigenvalue weighted by Gasteiger charge is -2.19. The van der Waals surface area contributed by atoms with Gasteiger partial charge in [-0.15, -0.1) is 22.9 Å². The molecule has 1 aromatic heterocycles. The topological polar surface area (TPSA) is 37.4 Å². The Hall–Kier alpha value is -0.100. The number of nitrogens with zero attached hydrogens (tertiary/aromatic N) is 1. The first-order valence-electron chi connectivity index (χ1n) is 5.71. The molecule has 3 nitrogen and oxygen atoms in total. The van der Waals surface area contributed by atoms with E-state index in [0.717, 1.165) is 17.7 Å². The first-order valence-corrected chi connectivity index (χ1v) is 8.57. The zero-order valence-electron chi connectivity index (χ0n) is 9.73. The minimum Gasteiger partial charge on any atom is -0.207 e. The van der Waals surface area contributed by atoms with Crippen molar-refractivity contribution in [2.24, 2.45) is 5.92 Å². The zero-order valence-corrected chi connectivity index (χ0v) is 12.1.